The lowest BCUT2D eigenvalue weighted by molar-refractivity contribution is 1.19. The van der Waals surface area contributed by atoms with Gasteiger partial charge in [-0.05, 0) is 76.1 Å². The number of para-hydroxylation sites is 1. The van der Waals surface area contributed by atoms with Gasteiger partial charge in [0.25, 0.3) is 0 Å². The molecule has 0 radical (unpaired) electrons. The zero-order valence-corrected chi connectivity index (χ0v) is 33.7. The zero-order valence-electron chi connectivity index (χ0n) is 32.1. The minimum Gasteiger partial charge on any atom is -0.308 e. The minimum atomic E-state index is 0.644. The molecule has 13 rings (SSSR count). The van der Waals surface area contributed by atoms with Crippen molar-refractivity contribution in [3.63, 3.8) is 0 Å². The summed E-state index contributed by atoms with van der Waals surface area (Å²) in [4.78, 5) is 11.1. The summed E-state index contributed by atoms with van der Waals surface area (Å²) in [5.41, 5.74) is 11.5. The minimum absolute atomic E-state index is 0.644. The normalized spacial score (nSPS) is 13.3. The van der Waals surface area contributed by atoms with E-state index in [2.05, 4.69) is 186 Å². The highest BCUT2D eigenvalue weighted by molar-refractivity contribution is 7.26. The third-order valence-electron chi connectivity index (χ3n) is 12.0. The average molecular weight is 798 g/mol. The number of hydrogen-bond donors (Lipinski definition) is 0. The second-order valence-corrected chi connectivity index (χ2v) is 17.6. The first-order valence-corrected chi connectivity index (χ1v) is 21.8. The second-order valence-electron chi connectivity index (χ2n) is 15.4. The Morgan fingerprint density at radius 3 is 1.90 bits per heavy atom. The van der Waals surface area contributed by atoms with Gasteiger partial charge in [-0.3, -0.25) is 0 Å². The fourth-order valence-electron chi connectivity index (χ4n) is 9.19. The fourth-order valence-corrected chi connectivity index (χ4v) is 11.5. The maximum absolute atomic E-state index is 5.55. The molecule has 5 heteroatoms. The van der Waals surface area contributed by atoms with E-state index in [0.717, 1.165) is 44.8 Å². The fraction of sp³-hybridized carbons (Fsp3) is 0. The molecule has 1 aliphatic heterocycles. The van der Waals surface area contributed by atoms with Crippen LogP contribution in [0.1, 0.15) is 16.7 Å². The molecule has 3 nitrogen and oxygen atoms in total. The molecule has 12 aromatic rings. The lowest BCUT2D eigenvalue weighted by atomic mass is 10.0. The second kappa shape index (κ2) is 13.1. The molecule has 3 aromatic heterocycles. The number of rotatable bonds is 4. The number of fused-ring (bicyclic) bond motifs is 11. The van der Waals surface area contributed by atoms with E-state index in [0.29, 0.717) is 5.84 Å². The quantitative estimate of drug-likeness (QED) is 0.159. The van der Waals surface area contributed by atoms with Crippen molar-refractivity contribution in [3.8, 4) is 5.69 Å². The van der Waals surface area contributed by atoms with Gasteiger partial charge in [-0.15, -0.1) is 22.7 Å². The van der Waals surface area contributed by atoms with Crippen LogP contribution in [0.5, 0.6) is 0 Å². The van der Waals surface area contributed by atoms with E-state index in [1.165, 1.54) is 72.7 Å². The van der Waals surface area contributed by atoms with Crippen molar-refractivity contribution < 1.29 is 0 Å². The standard InChI is InChI=1S/C55H31N3S2/c1-2-12-33(13-3-1)45-25-26-46(38-22-23-41-40-19-9-11-21-49(40)59-51(41)32-38)57-55(56-45)42-24-27-50-53(44-29-35-15-5-7-17-37(35)31-52(44)60-50)54(42)58-47-20-10-8-18-39(47)43-28-34-14-4-6-16-36(34)30-48(43)58/h1-25,27-32H. The molecule has 0 saturated carbocycles. The van der Waals surface area contributed by atoms with Crippen LogP contribution in [-0.2, 0) is 0 Å². The molecule has 0 N–H and O–H groups in total. The van der Waals surface area contributed by atoms with Gasteiger partial charge < -0.3 is 4.57 Å². The van der Waals surface area contributed by atoms with Gasteiger partial charge in [0, 0.05) is 73.9 Å². The van der Waals surface area contributed by atoms with Crippen LogP contribution in [0.15, 0.2) is 204 Å². The van der Waals surface area contributed by atoms with Crippen LogP contribution in [0, 0.1) is 0 Å². The summed E-state index contributed by atoms with van der Waals surface area (Å²) < 4.78 is 7.47. The summed E-state index contributed by atoms with van der Waals surface area (Å²) >= 11 is 3.66. The molecular weight excluding hydrogens is 767 g/mol. The van der Waals surface area contributed by atoms with E-state index in [9.17, 15) is 0 Å². The smallest absolute Gasteiger partial charge is 0.163 e. The highest BCUT2D eigenvalue weighted by Gasteiger charge is 2.24. The number of thiophene rings is 2. The predicted molar refractivity (Wildman–Crippen MR) is 259 cm³/mol. The number of aliphatic imine (C=N–C) groups is 2. The van der Waals surface area contributed by atoms with Crippen molar-refractivity contribution in [1.82, 2.24) is 4.57 Å². The molecule has 0 unspecified atom stereocenters. The molecule has 60 heavy (non-hydrogen) atoms. The van der Waals surface area contributed by atoms with Gasteiger partial charge in [0.1, 0.15) is 5.70 Å². The number of benzene rings is 9. The van der Waals surface area contributed by atoms with Crippen LogP contribution in [0.25, 0.3) is 95.1 Å². The van der Waals surface area contributed by atoms with E-state index < -0.39 is 0 Å². The first-order valence-electron chi connectivity index (χ1n) is 20.1. The Balaban J connectivity index is 1.16. The average Bonchev–Trinajstić information content (AvgIpc) is 3.89. The van der Waals surface area contributed by atoms with Crippen molar-refractivity contribution in [1.29, 1.82) is 0 Å². The van der Waals surface area contributed by atoms with Crippen LogP contribution < -0.4 is 0 Å². The molecule has 1 aliphatic rings. The van der Waals surface area contributed by atoms with Gasteiger partial charge in [0.15, 0.2) is 5.84 Å². The third-order valence-corrected chi connectivity index (χ3v) is 14.2. The summed E-state index contributed by atoms with van der Waals surface area (Å²) in [5, 5.41) is 12.3. The highest BCUT2D eigenvalue weighted by Crippen LogP contribution is 2.45. The lowest BCUT2D eigenvalue weighted by Gasteiger charge is -2.17. The zero-order chi connectivity index (χ0) is 39.3. The molecule has 0 saturated heterocycles. The van der Waals surface area contributed by atoms with Gasteiger partial charge >= 0.3 is 0 Å². The molecule has 0 spiro atoms. The summed E-state index contributed by atoms with van der Waals surface area (Å²) in [7, 11) is 0. The van der Waals surface area contributed by atoms with Gasteiger partial charge in [0.05, 0.1) is 22.4 Å². The molecule has 0 atom stereocenters. The first kappa shape index (κ1) is 33.6. The van der Waals surface area contributed by atoms with Crippen LogP contribution in [0.4, 0.5) is 0 Å². The summed E-state index contributed by atoms with van der Waals surface area (Å²) in [6, 6.07) is 65.9. The Labute approximate surface area is 352 Å². The van der Waals surface area contributed by atoms with Crippen LogP contribution in [0.3, 0.4) is 0 Å². The third kappa shape index (κ3) is 5.14. The molecule has 0 amide bonds. The largest absolute Gasteiger partial charge is 0.308 e. The molecular formula is C55H31N3S2. The first-order chi connectivity index (χ1) is 29.7. The van der Waals surface area contributed by atoms with E-state index in [1.807, 2.05) is 34.8 Å². The van der Waals surface area contributed by atoms with Crippen LogP contribution in [0.2, 0.25) is 0 Å². The Kier molecular flexibility index (Phi) is 7.30. The SMILES string of the molecule is C1=CC(c2ccccc2)=NC(c2ccc3sc4cc5ccccc5cc4c3c2-n2c3ccccc3c3cc4ccccc4cc32)=NC=1c1ccc2c(c1)sc1ccccc12. The van der Waals surface area contributed by atoms with Crippen molar-refractivity contribution in [2.45, 2.75) is 0 Å². The lowest BCUT2D eigenvalue weighted by Crippen LogP contribution is -2.09. The van der Waals surface area contributed by atoms with E-state index in [1.54, 1.807) is 0 Å². The van der Waals surface area contributed by atoms with Gasteiger partial charge in [-0.25, -0.2) is 9.98 Å². The highest BCUT2D eigenvalue weighted by atomic mass is 32.1. The van der Waals surface area contributed by atoms with Crippen LogP contribution >= 0.6 is 22.7 Å². The monoisotopic (exact) mass is 797 g/mol. The Hall–Kier alpha value is -7.40. The van der Waals surface area contributed by atoms with Crippen molar-refractivity contribution in [3.05, 3.63) is 210 Å². The van der Waals surface area contributed by atoms with E-state index in [-0.39, 0.29) is 0 Å². The topological polar surface area (TPSA) is 29.6 Å². The number of aromatic nitrogens is 1. The van der Waals surface area contributed by atoms with Gasteiger partial charge in [-0.1, -0.05) is 133 Å². The number of allylic oxidation sites excluding steroid dienone is 1. The van der Waals surface area contributed by atoms with Crippen LogP contribution in [-0.4, -0.2) is 16.1 Å². The Morgan fingerprint density at radius 2 is 1.07 bits per heavy atom. The number of amidine groups is 1. The molecule has 0 fully saturated rings. The summed E-state index contributed by atoms with van der Waals surface area (Å²) in [5.74, 6) is 0.644. The molecule has 0 aliphatic carbocycles. The summed E-state index contributed by atoms with van der Waals surface area (Å²) in [6.45, 7) is 0. The predicted octanol–water partition coefficient (Wildman–Crippen LogP) is 15.3. The molecule has 278 valence electrons. The number of hydrogen-bond acceptors (Lipinski definition) is 4. The molecule has 4 heterocycles. The van der Waals surface area contributed by atoms with E-state index >= 15 is 0 Å². The van der Waals surface area contributed by atoms with E-state index in [4.69, 9.17) is 9.98 Å². The van der Waals surface area contributed by atoms with Crippen molar-refractivity contribution in [2.75, 3.05) is 0 Å². The Bertz CT molecular complexity index is 3930. The van der Waals surface area contributed by atoms with Gasteiger partial charge in [-0.2, -0.15) is 0 Å². The molecule has 9 aromatic carbocycles. The van der Waals surface area contributed by atoms with Crippen molar-refractivity contribution in [2.24, 2.45) is 9.98 Å². The molecule has 0 bridgehead atoms. The maximum Gasteiger partial charge on any atom is 0.163 e. The van der Waals surface area contributed by atoms with Crippen molar-refractivity contribution >= 4 is 124 Å². The summed E-state index contributed by atoms with van der Waals surface area (Å²) in [6.07, 6.45) is 2.01. The number of nitrogens with zero attached hydrogens (tertiary/aromatic N) is 3. The maximum atomic E-state index is 5.55. The Morgan fingerprint density at radius 1 is 0.417 bits per heavy atom. The van der Waals surface area contributed by atoms with Gasteiger partial charge in [0.2, 0.25) is 0 Å².